The highest BCUT2D eigenvalue weighted by Crippen LogP contribution is 2.35. The minimum absolute atomic E-state index is 0.166. The van der Waals surface area contributed by atoms with E-state index >= 15 is 0 Å². The number of urea groups is 1. The molecule has 1 saturated heterocycles. The number of nitrogens with one attached hydrogen (secondary N) is 2. The van der Waals surface area contributed by atoms with Crippen LogP contribution in [-0.2, 0) is 10.3 Å². The maximum atomic E-state index is 13.5. The molecule has 0 aliphatic carbocycles. The molecule has 1 aliphatic heterocycles. The summed E-state index contributed by atoms with van der Waals surface area (Å²) in [6.07, 6.45) is 0. The van der Waals surface area contributed by atoms with Crippen LogP contribution in [-0.4, -0.2) is 28.6 Å². The third-order valence-corrected chi connectivity index (χ3v) is 6.01. The highest BCUT2D eigenvalue weighted by Gasteiger charge is 2.54. The third-order valence-electron chi connectivity index (χ3n) is 4.83. The molecule has 2 heterocycles. The predicted octanol–water partition coefficient (Wildman–Crippen LogP) is 3.09. The Labute approximate surface area is 176 Å². The van der Waals surface area contributed by atoms with E-state index in [1.807, 2.05) is 12.1 Å². The molecule has 0 spiro atoms. The lowest BCUT2D eigenvalue weighted by Gasteiger charge is -2.27. The van der Waals surface area contributed by atoms with Crippen molar-refractivity contribution in [2.75, 3.05) is 0 Å². The van der Waals surface area contributed by atoms with Gasteiger partial charge in [-0.15, -0.1) is 11.3 Å². The Bertz CT molecular complexity index is 1100. The average Bonchev–Trinajstić information content (AvgIpc) is 3.35. The first-order valence-corrected chi connectivity index (χ1v) is 9.94. The summed E-state index contributed by atoms with van der Waals surface area (Å²) in [6.45, 7) is 1.40. The fraction of sp³-hybridized carbons (Fsp3) is 0.0909. The van der Waals surface area contributed by atoms with Crippen molar-refractivity contribution < 1.29 is 19.2 Å². The monoisotopic (exact) mass is 419 g/mol. The number of thiophene rings is 1. The molecule has 0 bridgehead atoms. The number of imide groups is 1. The SMILES string of the molecule is CC(=O)c1ccc(C(=O)NN2C(=O)NC(c3ccccc3)(c3ccccc3)C2=O)s1. The summed E-state index contributed by atoms with van der Waals surface area (Å²) >= 11 is 0.996. The van der Waals surface area contributed by atoms with Crippen molar-refractivity contribution in [3.05, 3.63) is 93.7 Å². The molecular weight excluding hydrogens is 402 g/mol. The first-order valence-electron chi connectivity index (χ1n) is 9.13. The number of benzene rings is 2. The van der Waals surface area contributed by atoms with Gasteiger partial charge in [-0.05, 0) is 30.2 Å². The van der Waals surface area contributed by atoms with E-state index < -0.39 is 23.4 Å². The van der Waals surface area contributed by atoms with E-state index in [0.29, 0.717) is 21.0 Å². The Morgan fingerprint density at radius 3 is 1.90 bits per heavy atom. The fourth-order valence-corrected chi connectivity index (χ4v) is 4.16. The second-order valence-corrected chi connectivity index (χ2v) is 7.80. The van der Waals surface area contributed by atoms with Gasteiger partial charge in [0.15, 0.2) is 11.3 Å². The number of Topliss-reactive ketones (excluding diaryl/α,β-unsaturated/α-hetero) is 1. The number of hydrazine groups is 1. The zero-order chi connectivity index (χ0) is 21.3. The highest BCUT2D eigenvalue weighted by molar-refractivity contribution is 7.15. The lowest BCUT2D eigenvalue weighted by atomic mass is 9.83. The van der Waals surface area contributed by atoms with E-state index in [1.54, 1.807) is 48.5 Å². The smallest absolute Gasteiger partial charge is 0.314 e. The zero-order valence-corrected chi connectivity index (χ0v) is 16.7. The summed E-state index contributed by atoms with van der Waals surface area (Å²) in [6, 6.07) is 20.0. The molecule has 2 N–H and O–H groups in total. The summed E-state index contributed by atoms with van der Waals surface area (Å²) in [5.41, 5.74) is 2.05. The van der Waals surface area contributed by atoms with Crippen LogP contribution in [0.25, 0.3) is 0 Å². The van der Waals surface area contributed by atoms with E-state index in [0.717, 1.165) is 11.3 Å². The van der Waals surface area contributed by atoms with E-state index in [4.69, 9.17) is 0 Å². The van der Waals surface area contributed by atoms with Gasteiger partial charge in [-0.25, -0.2) is 4.79 Å². The summed E-state index contributed by atoms with van der Waals surface area (Å²) in [5.74, 6) is -1.43. The summed E-state index contributed by atoms with van der Waals surface area (Å²) in [5, 5.41) is 3.44. The van der Waals surface area contributed by atoms with Crippen molar-refractivity contribution in [3.8, 4) is 0 Å². The number of hydrogen-bond acceptors (Lipinski definition) is 5. The molecule has 3 aromatic rings. The topological polar surface area (TPSA) is 95.6 Å². The van der Waals surface area contributed by atoms with Crippen molar-refractivity contribution in [2.24, 2.45) is 0 Å². The normalized spacial score (nSPS) is 15.0. The first kappa shape index (κ1) is 19.5. The quantitative estimate of drug-likeness (QED) is 0.491. The molecule has 1 fully saturated rings. The Morgan fingerprint density at radius 1 is 0.867 bits per heavy atom. The van der Waals surface area contributed by atoms with Gasteiger partial charge in [-0.1, -0.05) is 60.7 Å². The standard InChI is InChI=1S/C22H17N3O4S/c1-14(26)17-12-13-18(30-17)19(27)24-25-20(28)22(23-21(25)29,15-8-4-2-5-9-15)16-10-6-3-7-11-16/h2-13H,1H3,(H,23,29)(H,24,27). The van der Waals surface area contributed by atoms with Gasteiger partial charge in [0.25, 0.3) is 11.8 Å². The number of hydrogen-bond donors (Lipinski definition) is 2. The van der Waals surface area contributed by atoms with Crippen LogP contribution in [0.3, 0.4) is 0 Å². The molecule has 2 aromatic carbocycles. The van der Waals surface area contributed by atoms with Crippen LogP contribution in [0.15, 0.2) is 72.8 Å². The predicted molar refractivity (Wildman–Crippen MR) is 111 cm³/mol. The minimum atomic E-state index is -1.47. The van der Waals surface area contributed by atoms with Crippen LogP contribution in [0.5, 0.6) is 0 Å². The van der Waals surface area contributed by atoms with Crippen LogP contribution >= 0.6 is 11.3 Å². The molecule has 1 aromatic heterocycles. The van der Waals surface area contributed by atoms with Crippen LogP contribution in [0.4, 0.5) is 4.79 Å². The van der Waals surface area contributed by atoms with Crippen molar-refractivity contribution >= 4 is 35.0 Å². The van der Waals surface area contributed by atoms with Crippen LogP contribution in [0, 0.1) is 0 Å². The number of ketones is 1. The van der Waals surface area contributed by atoms with Crippen LogP contribution in [0.2, 0.25) is 0 Å². The van der Waals surface area contributed by atoms with Crippen molar-refractivity contribution in [1.29, 1.82) is 0 Å². The van der Waals surface area contributed by atoms with Gasteiger partial charge in [0.1, 0.15) is 0 Å². The van der Waals surface area contributed by atoms with Gasteiger partial charge in [0, 0.05) is 0 Å². The lowest BCUT2D eigenvalue weighted by molar-refractivity contribution is -0.131. The molecule has 4 amide bonds. The molecule has 0 radical (unpaired) electrons. The van der Waals surface area contributed by atoms with Gasteiger partial charge in [0.05, 0.1) is 9.75 Å². The summed E-state index contributed by atoms with van der Waals surface area (Å²) in [7, 11) is 0. The Morgan fingerprint density at radius 2 is 1.40 bits per heavy atom. The number of amides is 4. The Kier molecular flexibility index (Phi) is 4.93. The molecule has 30 heavy (non-hydrogen) atoms. The van der Waals surface area contributed by atoms with Gasteiger partial charge < -0.3 is 5.32 Å². The fourth-order valence-electron chi connectivity index (χ4n) is 3.37. The molecule has 0 unspecified atom stereocenters. The Balaban J connectivity index is 1.70. The summed E-state index contributed by atoms with van der Waals surface area (Å²) < 4.78 is 0. The van der Waals surface area contributed by atoms with E-state index in [-0.39, 0.29) is 10.7 Å². The van der Waals surface area contributed by atoms with Gasteiger partial charge in [-0.3, -0.25) is 19.8 Å². The maximum absolute atomic E-state index is 13.5. The number of carbonyl (C=O) groups excluding carboxylic acids is 4. The molecule has 4 rings (SSSR count). The third kappa shape index (κ3) is 3.17. The largest absolute Gasteiger partial charge is 0.344 e. The number of nitrogens with zero attached hydrogens (tertiary/aromatic N) is 1. The number of carbonyl (C=O) groups is 4. The molecule has 0 saturated carbocycles. The molecule has 150 valence electrons. The zero-order valence-electron chi connectivity index (χ0n) is 15.9. The second-order valence-electron chi connectivity index (χ2n) is 6.71. The van der Waals surface area contributed by atoms with Crippen molar-refractivity contribution in [2.45, 2.75) is 12.5 Å². The van der Waals surface area contributed by atoms with Gasteiger partial charge >= 0.3 is 6.03 Å². The molecule has 8 heteroatoms. The van der Waals surface area contributed by atoms with Gasteiger partial charge in [0.2, 0.25) is 0 Å². The summed E-state index contributed by atoms with van der Waals surface area (Å²) in [4.78, 5) is 51.0. The van der Waals surface area contributed by atoms with E-state index in [2.05, 4.69) is 10.7 Å². The highest BCUT2D eigenvalue weighted by atomic mass is 32.1. The average molecular weight is 419 g/mol. The van der Waals surface area contributed by atoms with Gasteiger partial charge in [-0.2, -0.15) is 5.01 Å². The van der Waals surface area contributed by atoms with E-state index in [9.17, 15) is 19.2 Å². The maximum Gasteiger partial charge on any atom is 0.344 e. The van der Waals surface area contributed by atoms with Crippen LogP contribution in [0.1, 0.15) is 37.4 Å². The van der Waals surface area contributed by atoms with E-state index in [1.165, 1.54) is 19.1 Å². The lowest BCUT2D eigenvalue weighted by Crippen LogP contribution is -2.49. The molecule has 0 atom stereocenters. The Hall–Kier alpha value is -3.78. The molecule has 1 aliphatic rings. The molecular formula is C22H17N3O4S. The van der Waals surface area contributed by atoms with Crippen molar-refractivity contribution in [3.63, 3.8) is 0 Å². The van der Waals surface area contributed by atoms with Crippen molar-refractivity contribution in [1.82, 2.24) is 15.8 Å². The number of rotatable bonds is 5. The first-order chi connectivity index (χ1) is 14.4. The molecule has 7 nitrogen and oxygen atoms in total. The minimum Gasteiger partial charge on any atom is -0.314 e. The van der Waals surface area contributed by atoms with Crippen LogP contribution < -0.4 is 10.7 Å². The second kappa shape index (κ2) is 7.57.